The van der Waals surface area contributed by atoms with Crippen LogP contribution in [0.4, 0.5) is 0 Å². The maximum atomic E-state index is 13.2. The number of rotatable bonds is 8. The molecule has 206 valence electrons. The van der Waals surface area contributed by atoms with Crippen LogP contribution in [0.2, 0.25) is 0 Å². The molecule has 0 bridgehead atoms. The molecular formula is C32H38N2O5. The highest BCUT2D eigenvalue weighted by atomic mass is 16.5. The summed E-state index contributed by atoms with van der Waals surface area (Å²) < 4.78 is 11.4. The normalized spacial score (nSPS) is 17.5. The summed E-state index contributed by atoms with van der Waals surface area (Å²) >= 11 is 0. The second-order valence-electron chi connectivity index (χ2n) is 11.8. The highest BCUT2D eigenvalue weighted by Gasteiger charge is 2.35. The van der Waals surface area contributed by atoms with Gasteiger partial charge in [0.25, 0.3) is 11.8 Å². The molecule has 39 heavy (non-hydrogen) atoms. The lowest BCUT2D eigenvalue weighted by Gasteiger charge is -2.36. The Balaban J connectivity index is 1.14. The second kappa shape index (κ2) is 11.0. The molecular weight excluding hydrogens is 492 g/mol. The zero-order valence-electron chi connectivity index (χ0n) is 23.3. The number of aliphatic hydroxyl groups excluding tert-OH is 1. The van der Waals surface area contributed by atoms with Crippen LogP contribution < -0.4 is 9.47 Å². The van der Waals surface area contributed by atoms with Gasteiger partial charge in [0, 0.05) is 35.2 Å². The molecule has 2 aliphatic rings. The van der Waals surface area contributed by atoms with Gasteiger partial charge in [-0.1, -0.05) is 45.0 Å². The Labute approximate surface area is 230 Å². The van der Waals surface area contributed by atoms with Crippen molar-refractivity contribution in [1.82, 2.24) is 9.80 Å². The number of ether oxygens (including phenoxy) is 2. The number of piperidine rings is 1. The van der Waals surface area contributed by atoms with E-state index in [9.17, 15) is 14.7 Å². The van der Waals surface area contributed by atoms with E-state index in [0.717, 1.165) is 53.8 Å². The van der Waals surface area contributed by atoms with Gasteiger partial charge < -0.3 is 19.5 Å². The minimum Gasteiger partial charge on any atom is -0.497 e. The van der Waals surface area contributed by atoms with Crippen LogP contribution in [-0.2, 0) is 5.41 Å². The van der Waals surface area contributed by atoms with Crippen molar-refractivity contribution in [3.8, 4) is 11.5 Å². The number of likely N-dealkylation sites (tertiary alicyclic amines) is 1. The second-order valence-corrected chi connectivity index (χ2v) is 11.8. The third-order valence-corrected chi connectivity index (χ3v) is 7.90. The lowest BCUT2D eigenvalue weighted by Crippen LogP contribution is -2.46. The highest BCUT2D eigenvalue weighted by molar-refractivity contribution is 6.25. The summed E-state index contributed by atoms with van der Waals surface area (Å²) in [6, 6.07) is 17.0. The van der Waals surface area contributed by atoms with Crippen molar-refractivity contribution < 1.29 is 24.2 Å². The van der Waals surface area contributed by atoms with Crippen LogP contribution in [0.3, 0.4) is 0 Å². The number of hydrogen-bond acceptors (Lipinski definition) is 6. The zero-order chi connectivity index (χ0) is 27.7. The molecule has 0 radical (unpaired) electrons. The number of carbonyl (C=O) groups is 2. The smallest absolute Gasteiger partial charge is 0.261 e. The van der Waals surface area contributed by atoms with Crippen LogP contribution >= 0.6 is 0 Å². The van der Waals surface area contributed by atoms with Crippen molar-refractivity contribution in [1.29, 1.82) is 0 Å². The van der Waals surface area contributed by atoms with Crippen LogP contribution in [0.1, 0.15) is 59.9 Å². The average molecular weight is 531 g/mol. The summed E-state index contributed by atoms with van der Waals surface area (Å²) in [5, 5.41) is 12.4. The van der Waals surface area contributed by atoms with Gasteiger partial charge >= 0.3 is 0 Å². The van der Waals surface area contributed by atoms with E-state index < -0.39 is 6.10 Å². The lowest BCUT2D eigenvalue weighted by molar-refractivity contribution is 0.0451. The molecule has 1 saturated heterocycles. The number of nitrogens with zero attached hydrogens (tertiary/aromatic N) is 2. The molecule has 3 aromatic rings. The largest absolute Gasteiger partial charge is 0.497 e. The SMILES string of the molecule is COc1ccc(OCC(O)CN2CCC(CN3C(=O)c4cccc5cccc(c45)C3=O)CC2)c(C(C)(C)C)c1. The van der Waals surface area contributed by atoms with Crippen molar-refractivity contribution in [2.75, 3.05) is 39.9 Å². The molecule has 0 aromatic heterocycles. The third kappa shape index (κ3) is 5.65. The van der Waals surface area contributed by atoms with Crippen LogP contribution in [0, 0.1) is 5.92 Å². The molecule has 0 aliphatic carbocycles. The van der Waals surface area contributed by atoms with E-state index in [0.29, 0.717) is 24.2 Å². The fraction of sp³-hybridized carbons (Fsp3) is 0.438. The quantitative estimate of drug-likeness (QED) is 0.418. The molecule has 2 aliphatic heterocycles. The first-order valence-corrected chi connectivity index (χ1v) is 13.8. The number of imide groups is 1. The minimum atomic E-state index is -0.626. The van der Waals surface area contributed by atoms with E-state index >= 15 is 0 Å². The fourth-order valence-corrected chi connectivity index (χ4v) is 5.74. The van der Waals surface area contributed by atoms with Gasteiger partial charge in [-0.3, -0.25) is 14.5 Å². The molecule has 2 amide bonds. The number of β-amino-alcohol motifs (C(OH)–C–C–N with tert-alkyl or cyclic N) is 1. The fourth-order valence-electron chi connectivity index (χ4n) is 5.74. The Morgan fingerprint density at radius 3 is 2.21 bits per heavy atom. The molecule has 0 saturated carbocycles. The lowest BCUT2D eigenvalue weighted by atomic mass is 9.86. The number of methoxy groups -OCH3 is 1. The third-order valence-electron chi connectivity index (χ3n) is 7.90. The van der Waals surface area contributed by atoms with Crippen LogP contribution in [0.15, 0.2) is 54.6 Å². The van der Waals surface area contributed by atoms with Gasteiger partial charge in [0.15, 0.2) is 0 Å². The number of benzene rings is 3. The molecule has 7 nitrogen and oxygen atoms in total. The molecule has 2 heterocycles. The van der Waals surface area contributed by atoms with Crippen molar-refractivity contribution in [3.63, 3.8) is 0 Å². The summed E-state index contributed by atoms with van der Waals surface area (Å²) in [4.78, 5) is 30.2. The summed E-state index contributed by atoms with van der Waals surface area (Å²) in [6.07, 6.45) is 1.10. The predicted molar refractivity (Wildman–Crippen MR) is 152 cm³/mol. The molecule has 1 N–H and O–H groups in total. The van der Waals surface area contributed by atoms with Gasteiger partial charge in [-0.05, 0) is 73.0 Å². The Morgan fingerprint density at radius 2 is 1.62 bits per heavy atom. The van der Waals surface area contributed by atoms with Crippen LogP contribution in [0.5, 0.6) is 11.5 Å². The Bertz CT molecular complexity index is 1320. The van der Waals surface area contributed by atoms with Gasteiger partial charge in [-0.2, -0.15) is 0 Å². The maximum absolute atomic E-state index is 13.2. The van der Waals surface area contributed by atoms with E-state index in [-0.39, 0.29) is 29.8 Å². The molecule has 1 atom stereocenters. The standard InChI is InChI=1S/C32H38N2O5/c1-32(2,3)27-17-24(38-4)11-12-28(27)39-20-23(35)19-33-15-13-21(14-16-33)18-34-30(36)25-9-5-7-22-8-6-10-26(29(22)25)31(34)37/h5-12,17,21,23,35H,13-16,18-20H2,1-4H3. The summed E-state index contributed by atoms with van der Waals surface area (Å²) in [5.41, 5.74) is 2.13. The van der Waals surface area contributed by atoms with Crippen LogP contribution in [0.25, 0.3) is 10.8 Å². The molecule has 7 heteroatoms. The van der Waals surface area contributed by atoms with E-state index in [4.69, 9.17) is 9.47 Å². The molecule has 0 spiro atoms. The van der Waals surface area contributed by atoms with Crippen molar-refractivity contribution in [2.45, 2.75) is 45.1 Å². The van der Waals surface area contributed by atoms with Crippen LogP contribution in [-0.4, -0.2) is 72.7 Å². The molecule has 1 unspecified atom stereocenters. The number of hydrogen-bond donors (Lipinski definition) is 1. The van der Waals surface area contributed by atoms with Gasteiger partial charge in [-0.15, -0.1) is 0 Å². The van der Waals surface area contributed by atoms with E-state index in [1.807, 2.05) is 54.6 Å². The minimum absolute atomic E-state index is 0.123. The van der Waals surface area contributed by atoms with Gasteiger partial charge in [0.05, 0.1) is 7.11 Å². The van der Waals surface area contributed by atoms with Crippen molar-refractivity contribution in [3.05, 3.63) is 71.3 Å². The first kappa shape index (κ1) is 27.2. The first-order valence-electron chi connectivity index (χ1n) is 13.8. The predicted octanol–water partition coefficient (Wildman–Crippen LogP) is 4.89. The van der Waals surface area contributed by atoms with E-state index in [2.05, 4.69) is 25.7 Å². The van der Waals surface area contributed by atoms with E-state index in [1.54, 1.807) is 7.11 Å². The number of carbonyl (C=O) groups excluding carboxylic acids is 2. The Kier molecular flexibility index (Phi) is 7.65. The Hall–Kier alpha value is -3.42. The van der Waals surface area contributed by atoms with E-state index in [1.165, 1.54) is 4.90 Å². The zero-order valence-corrected chi connectivity index (χ0v) is 23.3. The number of aliphatic hydroxyl groups is 1. The van der Waals surface area contributed by atoms with Gasteiger partial charge in [0.1, 0.15) is 24.2 Å². The van der Waals surface area contributed by atoms with Crippen molar-refractivity contribution in [2.24, 2.45) is 5.92 Å². The summed E-state index contributed by atoms with van der Waals surface area (Å²) in [7, 11) is 1.65. The average Bonchev–Trinajstić information content (AvgIpc) is 2.93. The van der Waals surface area contributed by atoms with Gasteiger partial charge in [-0.25, -0.2) is 0 Å². The highest BCUT2D eigenvalue weighted by Crippen LogP contribution is 2.35. The van der Waals surface area contributed by atoms with Crippen molar-refractivity contribution >= 4 is 22.6 Å². The van der Waals surface area contributed by atoms with Gasteiger partial charge in [0.2, 0.25) is 0 Å². The molecule has 3 aromatic carbocycles. The topological polar surface area (TPSA) is 79.3 Å². The first-order chi connectivity index (χ1) is 18.7. The maximum Gasteiger partial charge on any atom is 0.261 e. The molecule has 5 rings (SSSR count). The molecule has 1 fully saturated rings. The summed E-state index contributed by atoms with van der Waals surface area (Å²) in [5.74, 6) is 1.37. The number of amides is 2. The monoisotopic (exact) mass is 530 g/mol. The summed E-state index contributed by atoms with van der Waals surface area (Å²) in [6.45, 7) is 9.13. The Morgan fingerprint density at radius 1 is 0.974 bits per heavy atom.